The third-order valence-electron chi connectivity index (χ3n) is 5.88. The van der Waals surface area contributed by atoms with Crippen LogP contribution in [-0.2, 0) is 35.4 Å². The van der Waals surface area contributed by atoms with E-state index in [1.54, 1.807) is 18.6 Å². The number of fused-ring (bicyclic) bond motifs is 2. The Labute approximate surface area is 189 Å². The van der Waals surface area contributed by atoms with Crippen LogP contribution in [0.1, 0.15) is 35.1 Å². The van der Waals surface area contributed by atoms with Crippen LogP contribution < -0.4 is 21.5 Å². The van der Waals surface area contributed by atoms with Gasteiger partial charge in [-0.3, -0.25) is 28.9 Å². The smallest absolute Gasteiger partial charge is 0.294 e. The average Bonchev–Trinajstić information content (AvgIpc) is 3.42. The number of anilines is 2. The Morgan fingerprint density at radius 1 is 1.15 bits per heavy atom. The van der Waals surface area contributed by atoms with Crippen molar-refractivity contribution in [1.29, 1.82) is 0 Å². The molecule has 0 aromatic carbocycles. The van der Waals surface area contributed by atoms with Gasteiger partial charge in [0.25, 0.3) is 5.56 Å². The summed E-state index contributed by atoms with van der Waals surface area (Å²) >= 11 is 0. The van der Waals surface area contributed by atoms with Crippen molar-refractivity contribution < 1.29 is 9.59 Å². The maximum absolute atomic E-state index is 13.0. The zero-order valence-electron chi connectivity index (χ0n) is 17.9. The lowest BCUT2D eigenvalue weighted by molar-refractivity contribution is -0.124. The van der Waals surface area contributed by atoms with Gasteiger partial charge in [-0.2, -0.15) is 0 Å². The predicted octanol–water partition coefficient (Wildman–Crippen LogP) is 0.986. The Kier molecular flexibility index (Phi) is 5.55. The Hall–Kier alpha value is -4.08. The van der Waals surface area contributed by atoms with Crippen LogP contribution in [0.3, 0.4) is 0 Å². The van der Waals surface area contributed by atoms with Crippen LogP contribution in [0, 0.1) is 0 Å². The summed E-state index contributed by atoms with van der Waals surface area (Å²) in [6.45, 7) is 0.734. The molecular weight excluding hydrogens is 422 g/mol. The number of aryl methyl sites for hydroxylation is 1. The largest absolute Gasteiger partial charge is 0.365 e. The van der Waals surface area contributed by atoms with Crippen LogP contribution in [0.25, 0.3) is 0 Å². The first-order chi connectivity index (χ1) is 16.1. The first-order valence-electron chi connectivity index (χ1n) is 10.9. The van der Waals surface area contributed by atoms with Crippen molar-refractivity contribution in [2.24, 2.45) is 0 Å². The molecule has 2 amide bonds. The molecule has 0 aliphatic carbocycles. The van der Waals surface area contributed by atoms with E-state index < -0.39 is 6.04 Å². The highest BCUT2D eigenvalue weighted by Crippen LogP contribution is 2.25. The normalized spacial score (nSPS) is 16.1. The zero-order valence-corrected chi connectivity index (χ0v) is 17.9. The lowest BCUT2D eigenvalue weighted by Gasteiger charge is -2.16. The predicted molar refractivity (Wildman–Crippen MR) is 121 cm³/mol. The molecule has 0 saturated heterocycles. The minimum absolute atomic E-state index is 0.0621. The van der Waals surface area contributed by atoms with Gasteiger partial charge in [0.05, 0.1) is 30.5 Å². The second-order valence-electron chi connectivity index (χ2n) is 8.10. The fraction of sp³-hybridized carbons (Fsp3) is 0.304. The summed E-state index contributed by atoms with van der Waals surface area (Å²) in [6, 6.07) is 6.92. The van der Waals surface area contributed by atoms with E-state index in [9.17, 15) is 14.4 Å². The van der Waals surface area contributed by atoms with Gasteiger partial charge in [-0.15, -0.1) is 0 Å². The van der Waals surface area contributed by atoms with Gasteiger partial charge in [-0.25, -0.2) is 4.98 Å². The number of amides is 2. The monoisotopic (exact) mass is 445 g/mol. The molecule has 10 nitrogen and oxygen atoms in total. The second kappa shape index (κ2) is 8.81. The van der Waals surface area contributed by atoms with E-state index in [0.29, 0.717) is 43.6 Å². The van der Waals surface area contributed by atoms with E-state index >= 15 is 0 Å². The Morgan fingerprint density at radius 3 is 2.91 bits per heavy atom. The SMILES string of the molecule is O=C1Cc2cc(CNC(=O)[C@@H]3CCc4cnc(NCCc5ccccn5)c(=O)n43)ncc2N1. The first kappa shape index (κ1) is 20.8. The van der Waals surface area contributed by atoms with E-state index in [-0.39, 0.29) is 29.7 Å². The molecule has 2 aliphatic rings. The van der Waals surface area contributed by atoms with Crippen LogP contribution in [0.15, 0.2) is 47.7 Å². The van der Waals surface area contributed by atoms with Crippen LogP contribution in [0.2, 0.25) is 0 Å². The van der Waals surface area contributed by atoms with E-state index in [0.717, 1.165) is 17.0 Å². The van der Waals surface area contributed by atoms with Gasteiger partial charge in [-0.1, -0.05) is 6.07 Å². The molecule has 33 heavy (non-hydrogen) atoms. The van der Waals surface area contributed by atoms with Gasteiger partial charge in [-0.05, 0) is 36.6 Å². The van der Waals surface area contributed by atoms with Crippen molar-refractivity contribution in [2.75, 3.05) is 17.2 Å². The highest BCUT2D eigenvalue weighted by molar-refractivity contribution is 5.98. The van der Waals surface area contributed by atoms with Crippen molar-refractivity contribution in [3.63, 3.8) is 0 Å². The molecule has 0 spiro atoms. The lowest BCUT2D eigenvalue weighted by atomic mass is 10.1. The summed E-state index contributed by atoms with van der Waals surface area (Å²) in [5, 5.41) is 8.69. The Balaban J connectivity index is 1.24. The molecule has 0 radical (unpaired) electrons. The Morgan fingerprint density at radius 2 is 2.06 bits per heavy atom. The average molecular weight is 445 g/mol. The van der Waals surface area contributed by atoms with Gasteiger partial charge in [0.1, 0.15) is 6.04 Å². The summed E-state index contributed by atoms with van der Waals surface area (Å²) in [5.74, 6) is -0.0715. The number of carbonyl (C=O) groups excluding carboxylic acids is 2. The number of hydrogen-bond donors (Lipinski definition) is 3. The molecule has 168 valence electrons. The molecule has 0 unspecified atom stereocenters. The van der Waals surface area contributed by atoms with E-state index in [2.05, 4.69) is 30.9 Å². The molecule has 0 bridgehead atoms. The van der Waals surface area contributed by atoms with E-state index in [1.165, 1.54) is 4.57 Å². The fourth-order valence-electron chi connectivity index (χ4n) is 4.23. The Bertz CT molecular complexity index is 1270. The minimum Gasteiger partial charge on any atom is -0.365 e. The number of hydrogen-bond acceptors (Lipinski definition) is 7. The third-order valence-corrected chi connectivity index (χ3v) is 5.88. The summed E-state index contributed by atoms with van der Waals surface area (Å²) < 4.78 is 1.53. The maximum Gasteiger partial charge on any atom is 0.294 e. The molecule has 3 aromatic rings. The summed E-state index contributed by atoms with van der Waals surface area (Å²) in [5.41, 5.74) is 3.61. The summed E-state index contributed by atoms with van der Waals surface area (Å²) in [4.78, 5) is 50.3. The number of rotatable bonds is 7. The zero-order chi connectivity index (χ0) is 22.8. The molecule has 3 N–H and O–H groups in total. The molecule has 3 aromatic heterocycles. The van der Waals surface area contributed by atoms with Crippen molar-refractivity contribution in [2.45, 2.75) is 38.3 Å². The molecule has 5 rings (SSSR count). The van der Waals surface area contributed by atoms with Gasteiger partial charge in [0, 0.05) is 36.7 Å². The van der Waals surface area contributed by atoms with Crippen LogP contribution in [-0.4, -0.2) is 37.9 Å². The van der Waals surface area contributed by atoms with Gasteiger partial charge >= 0.3 is 0 Å². The first-order valence-corrected chi connectivity index (χ1v) is 10.9. The third kappa shape index (κ3) is 4.32. The van der Waals surface area contributed by atoms with Crippen molar-refractivity contribution in [3.05, 3.63) is 75.9 Å². The highest BCUT2D eigenvalue weighted by Gasteiger charge is 2.30. The van der Waals surface area contributed by atoms with Crippen molar-refractivity contribution >= 4 is 23.3 Å². The molecule has 2 aliphatic heterocycles. The van der Waals surface area contributed by atoms with Gasteiger partial charge in [0.15, 0.2) is 5.82 Å². The van der Waals surface area contributed by atoms with E-state index in [4.69, 9.17) is 0 Å². The van der Waals surface area contributed by atoms with E-state index in [1.807, 2.05) is 24.3 Å². The number of nitrogens with one attached hydrogen (secondary N) is 3. The van der Waals surface area contributed by atoms with Crippen LogP contribution in [0.5, 0.6) is 0 Å². The van der Waals surface area contributed by atoms with Gasteiger partial charge in [0.2, 0.25) is 11.8 Å². The number of nitrogens with zero attached hydrogens (tertiary/aromatic N) is 4. The van der Waals surface area contributed by atoms with Crippen molar-refractivity contribution in [1.82, 2.24) is 24.8 Å². The lowest BCUT2D eigenvalue weighted by Crippen LogP contribution is -2.36. The standard InChI is InChI=1S/C23H23N7O3/c31-20-10-14-9-16(26-13-18(14)29-20)11-28-22(32)19-5-4-17-12-27-21(23(33)30(17)19)25-8-6-15-3-1-2-7-24-15/h1-3,7,9,12-13,19H,4-6,8,10-11H2,(H,25,27)(H,28,32)(H,29,31)/t19-/m0/s1. The molecule has 1 atom stereocenters. The number of pyridine rings is 2. The molecule has 0 fully saturated rings. The van der Waals surface area contributed by atoms with Gasteiger partial charge < -0.3 is 16.0 Å². The second-order valence-corrected chi connectivity index (χ2v) is 8.10. The fourth-order valence-corrected chi connectivity index (χ4v) is 4.23. The topological polar surface area (TPSA) is 131 Å². The van der Waals surface area contributed by atoms with Crippen molar-refractivity contribution in [3.8, 4) is 0 Å². The summed E-state index contributed by atoms with van der Waals surface area (Å²) in [7, 11) is 0. The van der Waals surface area contributed by atoms with Crippen LogP contribution in [0.4, 0.5) is 11.5 Å². The quantitative estimate of drug-likeness (QED) is 0.494. The molecule has 0 saturated carbocycles. The maximum atomic E-state index is 13.0. The highest BCUT2D eigenvalue weighted by atomic mass is 16.2. The van der Waals surface area contributed by atoms with Crippen LogP contribution >= 0.6 is 0 Å². The molecule has 5 heterocycles. The molecular formula is C23H23N7O3. The summed E-state index contributed by atoms with van der Waals surface area (Å²) in [6.07, 6.45) is 7.11. The number of aromatic nitrogens is 4. The molecule has 10 heteroatoms. The number of carbonyl (C=O) groups is 2. The minimum atomic E-state index is -0.593.